The molecule has 0 amide bonds. The van der Waals surface area contributed by atoms with Crippen LogP contribution in [-0.4, -0.2) is 18.0 Å². The SMILES string of the molecule is CCC1CCCCC1OCC1Cc2ccccc2S1. The largest absolute Gasteiger partial charge is 0.377 e. The third kappa shape index (κ3) is 3.17. The second-order valence-electron chi connectivity index (χ2n) is 5.88. The summed E-state index contributed by atoms with van der Waals surface area (Å²) in [6.45, 7) is 3.24. The molecular formula is C17H24OS. The van der Waals surface area contributed by atoms with E-state index in [9.17, 15) is 0 Å². The summed E-state index contributed by atoms with van der Waals surface area (Å²) in [6.07, 6.45) is 8.42. The molecule has 3 atom stereocenters. The summed E-state index contributed by atoms with van der Waals surface area (Å²) in [6, 6.07) is 8.80. The Kier molecular flexibility index (Phi) is 4.49. The van der Waals surface area contributed by atoms with Gasteiger partial charge in [-0.2, -0.15) is 0 Å². The smallest absolute Gasteiger partial charge is 0.0603 e. The molecule has 2 heteroatoms. The van der Waals surface area contributed by atoms with E-state index in [1.807, 2.05) is 11.8 Å². The highest BCUT2D eigenvalue weighted by Gasteiger charge is 2.27. The zero-order chi connectivity index (χ0) is 13.1. The molecule has 1 heterocycles. The third-order valence-corrected chi connectivity index (χ3v) is 5.86. The van der Waals surface area contributed by atoms with Gasteiger partial charge >= 0.3 is 0 Å². The lowest BCUT2D eigenvalue weighted by molar-refractivity contribution is -0.0108. The lowest BCUT2D eigenvalue weighted by atomic mass is 9.85. The van der Waals surface area contributed by atoms with Crippen molar-refractivity contribution in [3.63, 3.8) is 0 Å². The van der Waals surface area contributed by atoms with Crippen molar-refractivity contribution >= 4 is 11.8 Å². The van der Waals surface area contributed by atoms with Crippen molar-refractivity contribution in [2.24, 2.45) is 5.92 Å². The van der Waals surface area contributed by atoms with Gasteiger partial charge in [-0.05, 0) is 36.8 Å². The highest BCUT2D eigenvalue weighted by atomic mass is 32.2. The normalized spacial score (nSPS) is 30.3. The molecule has 0 saturated heterocycles. The quantitative estimate of drug-likeness (QED) is 0.789. The fourth-order valence-corrected chi connectivity index (χ4v) is 4.67. The fraction of sp³-hybridized carbons (Fsp3) is 0.647. The molecule has 0 radical (unpaired) electrons. The molecule has 0 aromatic heterocycles. The molecule has 1 aromatic rings. The van der Waals surface area contributed by atoms with Crippen LogP contribution in [0.3, 0.4) is 0 Å². The molecule has 0 N–H and O–H groups in total. The average molecular weight is 276 g/mol. The maximum absolute atomic E-state index is 6.28. The zero-order valence-corrected chi connectivity index (χ0v) is 12.6. The Labute approximate surface area is 121 Å². The van der Waals surface area contributed by atoms with Crippen molar-refractivity contribution in [2.75, 3.05) is 6.61 Å². The summed E-state index contributed by atoms with van der Waals surface area (Å²) >= 11 is 2.01. The van der Waals surface area contributed by atoms with E-state index in [-0.39, 0.29) is 0 Å². The number of hydrogen-bond acceptors (Lipinski definition) is 2. The number of benzene rings is 1. The maximum Gasteiger partial charge on any atom is 0.0603 e. The molecular weight excluding hydrogens is 252 g/mol. The van der Waals surface area contributed by atoms with Crippen molar-refractivity contribution < 1.29 is 4.74 Å². The molecule has 104 valence electrons. The minimum absolute atomic E-state index is 0.531. The fourth-order valence-electron chi connectivity index (χ4n) is 3.44. The van der Waals surface area contributed by atoms with E-state index in [0.717, 1.165) is 12.5 Å². The van der Waals surface area contributed by atoms with Crippen molar-refractivity contribution in [2.45, 2.75) is 61.7 Å². The molecule has 1 aromatic carbocycles. The third-order valence-electron chi connectivity index (χ3n) is 4.57. The van der Waals surface area contributed by atoms with E-state index in [0.29, 0.717) is 11.4 Å². The first-order chi connectivity index (χ1) is 9.36. The first-order valence-electron chi connectivity index (χ1n) is 7.73. The lowest BCUT2D eigenvalue weighted by Crippen LogP contribution is -2.29. The van der Waals surface area contributed by atoms with Gasteiger partial charge in [0.15, 0.2) is 0 Å². The summed E-state index contributed by atoms with van der Waals surface area (Å²) in [7, 11) is 0. The zero-order valence-electron chi connectivity index (χ0n) is 11.8. The van der Waals surface area contributed by atoms with Crippen LogP contribution in [0.1, 0.15) is 44.6 Å². The number of ether oxygens (including phenoxy) is 1. The summed E-state index contributed by atoms with van der Waals surface area (Å²) in [5.41, 5.74) is 1.51. The van der Waals surface area contributed by atoms with Gasteiger partial charge in [0, 0.05) is 10.1 Å². The van der Waals surface area contributed by atoms with E-state index in [1.54, 1.807) is 0 Å². The minimum Gasteiger partial charge on any atom is -0.377 e. The van der Waals surface area contributed by atoms with E-state index in [4.69, 9.17) is 4.74 Å². The van der Waals surface area contributed by atoms with Crippen molar-refractivity contribution in [1.82, 2.24) is 0 Å². The summed E-state index contributed by atoms with van der Waals surface area (Å²) < 4.78 is 6.28. The highest BCUT2D eigenvalue weighted by Crippen LogP contribution is 2.37. The van der Waals surface area contributed by atoms with Crippen molar-refractivity contribution in [3.8, 4) is 0 Å². The average Bonchev–Trinajstić information content (AvgIpc) is 2.88. The first-order valence-corrected chi connectivity index (χ1v) is 8.61. The van der Waals surface area contributed by atoms with Gasteiger partial charge in [-0.15, -0.1) is 11.8 Å². The number of thioether (sulfide) groups is 1. The van der Waals surface area contributed by atoms with Gasteiger partial charge in [-0.3, -0.25) is 0 Å². The Bertz CT molecular complexity index is 392. The van der Waals surface area contributed by atoms with Gasteiger partial charge in [0.2, 0.25) is 0 Å². The minimum atomic E-state index is 0.531. The molecule has 2 aliphatic rings. The van der Waals surface area contributed by atoms with Crippen LogP contribution in [0.4, 0.5) is 0 Å². The van der Waals surface area contributed by atoms with Gasteiger partial charge in [0.1, 0.15) is 0 Å². The second kappa shape index (κ2) is 6.32. The Morgan fingerprint density at radius 2 is 2.05 bits per heavy atom. The standard InChI is InChI=1S/C17H24OS/c1-2-13-7-3-5-9-16(13)18-12-15-11-14-8-4-6-10-17(14)19-15/h4,6,8,10,13,15-16H,2-3,5,7,9,11-12H2,1H3. The van der Waals surface area contributed by atoms with Gasteiger partial charge in [-0.25, -0.2) is 0 Å². The number of rotatable bonds is 4. The van der Waals surface area contributed by atoms with E-state index >= 15 is 0 Å². The van der Waals surface area contributed by atoms with Crippen LogP contribution >= 0.6 is 11.8 Å². The molecule has 1 nitrogen and oxygen atoms in total. The molecule has 3 unspecified atom stereocenters. The molecule has 3 rings (SSSR count). The first kappa shape index (κ1) is 13.5. The van der Waals surface area contributed by atoms with Crippen LogP contribution in [0, 0.1) is 5.92 Å². The molecule has 1 fully saturated rings. The van der Waals surface area contributed by atoms with Gasteiger partial charge < -0.3 is 4.74 Å². The molecule has 1 saturated carbocycles. The van der Waals surface area contributed by atoms with Crippen LogP contribution in [0.15, 0.2) is 29.2 Å². The van der Waals surface area contributed by atoms with Gasteiger partial charge in [0.25, 0.3) is 0 Å². The Balaban J connectivity index is 1.51. The topological polar surface area (TPSA) is 9.23 Å². The molecule has 0 bridgehead atoms. The molecule has 1 aliphatic heterocycles. The van der Waals surface area contributed by atoms with Crippen LogP contribution in [0.5, 0.6) is 0 Å². The van der Waals surface area contributed by atoms with Crippen LogP contribution in [0.2, 0.25) is 0 Å². The van der Waals surface area contributed by atoms with Crippen LogP contribution in [-0.2, 0) is 11.2 Å². The van der Waals surface area contributed by atoms with Crippen LogP contribution in [0.25, 0.3) is 0 Å². The summed E-state index contributed by atoms with van der Waals surface area (Å²) in [5.74, 6) is 0.808. The molecule has 19 heavy (non-hydrogen) atoms. The van der Waals surface area contributed by atoms with Gasteiger partial charge in [0.05, 0.1) is 12.7 Å². The van der Waals surface area contributed by atoms with E-state index in [2.05, 4.69) is 31.2 Å². The predicted octanol–water partition coefficient (Wildman–Crippen LogP) is 4.69. The monoisotopic (exact) mass is 276 g/mol. The summed E-state index contributed by atoms with van der Waals surface area (Å²) in [4.78, 5) is 1.46. The maximum atomic E-state index is 6.28. The van der Waals surface area contributed by atoms with Gasteiger partial charge in [-0.1, -0.05) is 44.4 Å². The Hall–Kier alpha value is -0.470. The number of fused-ring (bicyclic) bond motifs is 1. The van der Waals surface area contributed by atoms with Crippen molar-refractivity contribution in [3.05, 3.63) is 29.8 Å². The lowest BCUT2D eigenvalue weighted by Gasteiger charge is -2.31. The molecule has 1 aliphatic carbocycles. The second-order valence-corrected chi connectivity index (χ2v) is 7.22. The Morgan fingerprint density at radius 1 is 1.21 bits per heavy atom. The van der Waals surface area contributed by atoms with Crippen molar-refractivity contribution in [1.29, 1.82) is 0 Å². The predicted molar refractivity (Wildman–Crippen MR) is 81.8 cm³/mol. The van der Waals surface area contributed by atoms with E-state index in [1.165, 1.54) is 49.0 Å². The molecule has 0 spiro atoms. The summed E-state index contributed by atoms with van der Waals surface area (Å²) in [5, 5.41) is 0.636. The number of hydrogen-bond donors (Lipinski definition) is 0. The van der Waals surface area contributed by atoms with E-state index < -0.39 is 0 Å². The highest BCUT2D eigenvalue weighted by molar-refractivity contribution is 8.00. The van der Waals surface area contributed by atoms with Crippen LogP contribution < -0.4 is 0 Å². The Morgan fingerprint density at radius 3 is 2.89 bits per heavy atom.